The van der Waals surface area contributed by atoms with Gasteiger partial charge in [-0.1, -0.05) is 59.6 Å². The molecule has 0 atom stereocenters. The summed E-state index contributed by atoms with van der Waals surface area (Å²) >= 11 is 15.8. The van der Waals surface area contributed by atoms with Crippen LogP contribution in [0.5, 0.6) is 5.75 Å². The van der Waals surface area contributed by atoms with Gasteiger partial charge in [-0.3, -0.25) is 19.3 Å². The van der Waals surface area contributed by atoms with Crippen LogP contribution in [0.3, 0.4) is 0 Å². The van der Waals surface area contributed by atoms with Crippen molar-refractivity contribution in [2.45, 2.75) is 49.4 Å². The number of nitrogens with one attached hydrogen (secondary N) is 1. The first-order valence-electron chi connectivity index (χ1n) is 22.0. The number of carbonyl (C=O) groups excluding carboxylic acids is 4. The zero-order valence-electron chi connectivity index (χ0n) is 38.8. The molecule has 3 aliphatic heterocycles. The number of benzene rings is 3. The van der Waals surface area contributed by atoms with E-state index in [9.17, 15) is 45.1 Å². The number of amides is 5. The minimum atomic E-state index is -4.76. The number of nitrogens with zero attached hydrogens (tertiary/aromatic N) is 5. The van der Waals surface area contributed by atoms with E-state index in [1.807, 2.05) is 47.9 Å². The van der Waals surface area contributed by atoms with E-state index in [-0.39, 0.29) is 93.6 Å². The Labute approximate surface area is 451 Å². The quantitative estimate of drug-likeness (QED) is 0.0297. The Bertz CT molecular complexity index is 3030. The van der Waals surface area contributed by atoms with Crippen LogP contribution in [0.15, 0.2) is 93.0 Å². The number of fused-ring (bicyclic) bond motifs is 3. The first-order valence-corrected chi connectivity index (χ1v) is 27.3. The zero-order valence-corrected chi connectivity index (χ0v) is 45.5. The monoisotopic (exact) mass is 1100 g/mol. The van der Waals surface area contributed by atoms with Crippen molar-refractivity contribution < 1.29 is 93.5 Å². The minimum absolute atomic E-state index is 0. The molecule has 71 heavy (non-hydrogen) atoms. The Morgan fingerprint density at radius 2 is 1.55 bits per heavy atom. The molecule has 26 heteroatoms. The third kappa shape index (κ3) is 14.0. The predicted octanol–water partition coefficient (Wildman–Crippen LogP) is 2.68. The smallest absolute Gasteiger partial charge is 0.748 e. The standard InChI is InChI=1S/C45H48Cl2N6O13S4.Na/c1-3-5-16-52-43(55)32(10-14-40-49(4-2)33-26-31(70(61,62)63)9-11-36(33)66-40)44(56)53(45(52)57)28-39(54)48-15-19-64-21-22-65-20-18-51-35-25-30(47)8-13-38(35)68-42(51)27-41-50(17-6-23-69(58,59)60)34-24-29(46)7-12-37(34)67-41;/h7-14,24-27H,3-6,15-23,28H2,1-2H3,(H2-,48,54,58,59,60,61,62,63);/q;+1/p-1/b32-10+,40-14+;. The number of urea groups is 1. The van der Waals surface area contributed by atoms with E-state index in [0.29, 0.717) is 46.6 Å². The van der Waals surface area contributed by atoms with Gasteiger partial charge in [0, 0.05) is 59.4 Å². The maximum Gasteiger partial charge on any atom is 1.00 e. The molecule has 0 bridgehead atoms. The number of thioether (sulfide) groups is 1. The second-order valence-corrected chi connectivity index (χ2v) is 21.6. The van der Waals surface area contributed by atoms with Crippen molar-refractivity contribution in [3.8, 4) is 5.75 Å². The van der Waals surface area contributed by atoms with E-state index in [4.69, 9.17) is 37.4 Å². The number of unbranched alkanes of at least 4 members (excludes halogenated alkanes) is 1. The van der Waals surface area contributed by atoms with E-state index in [1.54, 1.807) is 29.7 Å². The third-order valence-corrected chi connectivity index (χ3v) is 15.3. The summed E-state index contributed by atoms with van der Waals surface area (Å²) in [4.78, 5) is 59.4. The van der Waals surface area contributed by atoms with E-state index >= 15 is 0 Å². The van der Waals surface area contributed by atoms with Gasteiger partial charge in [-0.15, -0.1) is 0 Å². The molecular formula is C45H47Cl2N6NaO13S4. The minimum Gasteiger partial charge on any atom is -0.748 e. The number of allylic oxidation sites excluding steroid dienone is 2. The summed E-state index contributed by atoms with van der Waals surface area (Å²) < 4.78 is 89.5. The van der Waals surface area contributed by atoms with E-state index in [0.717, 1.165) is 41.8 Å². The largest absolute Gasteiger partial charge is 1.00 e. The third-order valence-electron chi connectivity index (χ3n) is 11.0. The van der Waals surface area contributed by atoms with Gasteiger partial charge in [-0.25, -0.2) is 26.5 Å². The molecule has 1 aromatic heterocycles. The number of thiazole rings is 1. The van der Waals surface area contributed by atoms with Gasteiger partial charge < -0.3 is 38.4 Å². The second kappa shape index (κ2) is 24.8. The Morgan fingerprint density at radius 1 is 0.831 bits per heavy atom. The van der Waals surface area contributed by atoms with Crippen molar-refractivity contribution in [3.05, 3.63) is 98.3 Å². The van der Waals surface area contributed by atoms with Gasteiger partial charge in [0.15, 0.2) is 12.3 Å². The molecule has 1 fully saturated rings. The van der Waals surface area contributed by atoms with Crippen LogP contribution in [-0.4, -0.2) is 124 Å². The Morgan fingerprint density at radius 3 is 2.27 bits per heavy atom. The van der Waals surface area contributed by atoms with E-state index in [1.165, 1.54) is 35.6 Å². The molecule has 0 spiro atoms. The number of imide groups is 2. The number of hydrogen-bond donors (Lipinski definition) is 1. The molecule has 1 N–H and O–H groups in total. The summed E-state index contributed by atoms with van der Waals surface area (Å²) in [5.41, 5.74) is 1.59. The Balaban J connectivity index is 0.00000825. The molecule has 0 unspecified atom stereocenters. The molecule has 5 amide bonds. The second-order valence-electron chi connectivity index (χ2n) is 15.7. The summed E-state index contributed by atoms with van der Waals surface area (Å²) in [7, 11) is -9.15. The summed E-state index contributed by atoms with van der Waals surface area (Å²) in [5.74, 6) is -2.65. The van der Waals surface area contributed by atoms with Crippen molar-refractivity contribution in [2.75, 3.05) is 74.7 Å². The molecule has 7 rings (SSSR count). The van der Waals surface area contributed by atoms with Gasteiger partial charge >= 0.3 is 35.6 Å². The van der Waals surface area contributed by atoms with Crippen LogP contribution < -0.4 is 54.0 Å². The molecular weight excluding hydrogens is 1050 g/mol. The summed E-state index contributed by atoms with van der Waals surface area (Å²) in [6.45, 7) is 4.73. The molecule has 19 nitrogen and oxygen atoms in total. The molecule has 374 valence electrons. The number of aryl methyl sites for hydroxylation is 1. The molecule has 0 aliphatic carbocycles. The van der Waals surface area contributed by atoms with Gasteiger partial charge in [0.25, 0.3) is 16.8 Å². The Kier molecular flexibility index (Phi) is 19.6. The van der Waals surface area contributed by atoms with Gasteiger partial charge in [-0.2, -0.15) is 4.57 Å². The number of aromatic nitrogens is 1. The van der Waals surface area contributed by atoms with Gasteiger partial charge in [-0.05, 0) is 74.0 Å². The van der Waals surface area contributed by atoms with Crippen molar-refractivity contribution >= 4 is 118 Å². The van der Waals surface area contributed by atoms with Crippen molar-refractivity contribution in [2.24, 2.45) is 0 Å². The van der Waals surface area contributed by atoms with Gasteiger partial charge in [0.1, 0.15) is 26.9 Å². The summed E-state index contributed by atoms with van der Waals surface area (Å²) in [6, 6.07) is 13.8. The van der Waals surface area contributed by atoms with E-state index < -0.39 is 66.8 Å². The maximum absolute atomic E-state index is 13.7. The van der Waals surface area contributed by atoms with Crippen molar-refractivity contribution in [3.63, 3.8) is 0 Å². The molecule has 4 aromatic rings. The molecule has 0 saturated carbocycles. The van der Waals surface area contributed by atoms with Crippen molar-refractivity contribution in [1.82, 2.24) is 15.1 Å². The maximum atomic E-state index is 13.7. The number of barbiturate groups is 1. The topological polar surface area (TPSA) is 239 Å². The van der Waals surface area contributed by atoms with Crippen LogP contribution in [0.4, 0.5) is 16.2 Å². The normalized spacial score (nSPS) is 16.6. The van der Waals surface area contributed by atoms with Crippen LogP contribution >= 0.6 is 46.3 Å². The average molecular weight is 1100 g/mol. The zero-order chi connectivity index (χ0) is 50.3. The molecule has 3 aliphatic rings. The fourth-order valence-corrected chi connectivity index (χ4v) is 11.2. The number of halogens is 2. The number of rotatable bonds is 22. The fourth-order valence-electron chi connectivity index (χ4n) is 7.61. The summed E-state index contributed by atoms with van der Waals surface area (Å²) in [6.07, 6.45) is 5.71. The van der Waals surface area contributed by atoms with Crippen molar-refractivity contribution in [1.29, 1.82) is 0 Å². The van der Waals surface area contributed by atoms with Gasteiger partial charge in [0.05, 0.1) is 63.9 Å². The average Bonchev–Trinajstić information content (AvgIpc) is 3.95. The summed E-state index contributed by atoms with van der Waals surface area (Å²) in [5, 5.41) is 5.41. The van der Waals surface area contributed by atoms with Gasteiger partial charge in [0.2, 0.25) is 17.3 Å². The fraction of sp³-hybridized carbons (Fsp3) is 0.356. The first kappa shape index (κ1) is 56.2. The molecule has 4 heterocycles. The predicted molar refractivity (Wildman–Crippen MR) is 261 cm³/mol. The number of anilines is 2. The number of carbonyl (C=O) groups is 4. The van der Waals surface area contributed by atoms with Crippen LogP contribution in [0, 0.1) is 0 Å². The van der Waals surface area contributed by atoms with E-state index in [2.05, 4.69) is 10.2 Å². The van der Waals surface area contributed by atoms with Crippen LogP contribution in [0.1, 0.15) is 38.1 Å². The first-order chi connectivity index (χ1) is 33.4. The molecule has 0 radical (unpaired) electrons. The molecule has 1 saturated heterocycles. The SMILES string of the molecule is CCCCN1C(=O)/C(=C\C=C2\Oc3ccc(S(=O)(=O)[O-])cc3N2CC)C(=O)N(CC(=O)NCCOCCOCCN2/C(=C\c3sc4ccc(Cl)cc4[n+]3CCCS(=O)(=O)[O-])Sc3ccc(Cl)cc32)C1=O.[Na+]. The van der Waals surface area contributed by atoms with Crippen LogP contribution in [-0.2, 0) is 50.6 Å². The van der Waals surface area contributed by atoms with Crippen LogP contribution in [0.25, 0.3) is 16.3 Å². The Hall–Kier alpha value is -4.08. The van der Waals surface area contributed by atoms with Crippen LogP contribution in [0.2, 0.25) is 10.0 Å². The number of ether oxygens (including phenoxy) is 3. The molecule has 3 aromatic carbocycles. The number of hydrogen-bond acceptors (Lipinski definition) is 17.